The summed E-state index contributed by atoms with van der Waals surface area (Å²) in [6.45, 7) is 1.40. The molecule has 22 heavy (non-hydrogen) atoms. The smallest absolute Gasteiger partial charge is 0.264 e. The molecule has 114 valence electrons. The molecule has 0 aliphatic carbocycles. The Morgan fingerprint density at radius 1 is 1.18 bits per heavy atom. The van der Waals surface area contributed by atoms with Crippen LogP contribution in [0.1, 0.15) is 24.8 Å². The summed E-state index contributed by atoms with van der Waals surface area (Å²) in [5.74, 6) is -0.637. The highest BCUT2D eigenvalue weighted by atomic mass is 16.3. The van der Waals surface area contributed by atoms with Gasteiger partial charge in [0.1, 0.15) is 11.6 Å². The standard InChI is InChI=1S/C17H18N2O3/c18-12-14(17(22)19-9-2-1-3-10-19)6-4-5-13-7-8-15(20)16(21)11-13/h4-8,11,20-21H,1-3,9-10H2/b5-4+,14-6+. The molecule has 0 unspecified atom stereocenters. The predicted molar refractivity (Wildman–Crippen MR) is 82.9 cm³/mol. The van der Waals surface area contributed by atoms with E-state index in [9.17, 15) is 15.0 Å². The molecule has 1 amide bonds. The zero-order chi connectivity index (χ0) is 15.9. The van der Waals surface area contributed by atoms with Crippen molar-refractivity contribution in [1.82, 2.24) is 4.90 Å². The largest absolute Gasteiger partial charge is 0.504 e. The number of hydrogen-bond donors (Lipinski definition) is 2. The first kappa shape index (κ1) is 15.6. The third-order valence-corrected chi connectivity index (χ3v) is 3.55. The highest BCUT2D eigenvalue weighted by Crippen LogP contribution is 2.25. The maximum atomic E-state index is 12.2. The van der Waals surface area contributed by atoms with Gasteiger partial charge in [-0.1, -0.05) is 18.2 Å². The van der Waals surface area contributed by atoms with Crippen LogP contribution in [0, 0.1) is 11.3 Å². The summed E-state index contributed by atoms with van der Waals surface area (Å²) in [5.41, 5.74) is 0.760. The van der Waals surface area contributed by atoms with Crippen LogP contribution in [0.15, 0.2) is 35.9 Å². The van der Waals surface area contributed by atoms with Crippen molar-refractivity contribution in [1.29, 1.82) is 5.26 Å². The van der Waals surface area contributed by atoms with Crippen molar-refractivity contribution in [3.8, 4) is 17.6 Å². The van der Waals surface area contributed by atoms with Gasteiger partial charge >= 0.3 is 0 Å². The number of carbonyl (C=O) groups excluding carboxylic acids is 1. The minimum atomic E-state index is -0.236. The zero-order valence-electron chi connectivity index (χ0n) is 12.2. The third kappa shape index (κ3) is 3.89. The molecule has 5 heteroatoms. The van der Waals surface area contributed by atoms with Gasteiger partial charge in [0.25, 0.3) is 5.91 Å². The van der Waals surface area contributed by atoms with Crippen LogP contribution >= 0.6 is 0 Å². The normalized spacial score (nSPS) is 15.8. The molecule has 1 aliphatic heterocycles. The van der Waals surface area contributed by atoms with E-state index in [1.807, 2.05) is 6.07 Å². The van der Waals surface area contributed by atoms with Crippen molar-refractivity contribution in [3.05, 3.63) is 41.5 Å². The molecule has 0 radical (unpaired) electrons. The highest BCUT2D eigenvalue weighted by molar-refractivity contribution is 5.97. The van der Waals surface area contributed by atoms with Crippen molar-refractivity contribution >= 4 is 12.0 Å². The predicted octanol–water partition coefficient (Wildman–Crippen LogP) is 2.57. The lowest BCUT2D eigenvalue weighted by molar-refractivity contribution is -0.127. The second-order valence-corrected chi connectivity index (χ2v) is 5.15. The summed E-state index contributed by atoms with van der Waals surface area (Å²) in [6, 6.07) is 6.34. The molecule has 2 N–H and O–H groups in total. The quantitative estimate of drug-likeness (QED) is 0.389. The first-order valence-corrected chi connectivity index (χ1v) is 7.21. The van der Waals surface area contributed by atoms with Crippen LogP contribution in [0.25, 0.3) is 6.08 Å². The number of nitriles is 1. The maximum Gasteiger partial charge on any atom is 0.264 e. The topological polar surface area (TPSA) is 84.6 Å². The Bertz CT molecular complexity index is 650. The van der Waals surface area contributed by atoms with Gasteiger partial charge in [0, 0.05) is 13.1 Å². The van der Waals surface area contributed by atoms with Crippen molar-refractivity contribution in [2.45, 2.75) is 19.3 Å². The van der Waals surface area contributed by atoms with Crippen molar-refractivity contribution in [3.63, 3.8) is 0 Å². The summed E-state index contributed by atoms with van der Waals surface area (Å²) in [4.78, 5) is 13.9. The molecule has 0 atom stereocenters. The number of nitrogens with zero attached hydrogens (tertiary/aromatic N) is 2. The van der Waals surface area contributed by atoms with Gasteiger partial charge in [0.15, 0.2) is 11.5 Å². The Balaban J connectivity index is 2.08. The molecule has 0 spiro atoms. The molecule has 0 aromatic heterocycles. The number of phenolic OH excluding ortho intramolecular Hbond substituents is 2. The number of aromatic hydroxyl groups is 2. The number of phenols is 2. The molecule has 1 aromatic carbocycles. The van der Waals surface area contributed by atoms with Crippen LogP contribution in [0.4, 0.5) is 0 Å². The lowest BCUT2D eigenvalue weighted by Gasteiger charge is -2.26. The van der Waals surface area contributed by atoms with Gasteiger partial charge in [-0.25, -0.2) is 0 Å². The fourth-order valence-corrected chi connectivity index (χ4v) is 2.32. The van der Waals surface area contributed by atoms with E-state index < -0.39 is 0 Å². The molecule has 1 saturated heterocycles. The van der Waals surface area contributed by atoms with Gasteiger partial charge in [-0.2, -0.15) is 5.26 Å². The van der Waals surface area contributed by atoms with Crippen LogP contribution in [-0.4, -0.2) is 34.1 Å². The number of rotatable bonds is 3. The summed E-state index contributed by atoms with van der Waals surface area (Å²) >= 11 is 0. The van der Waals surface area contributed by atoms with Crippen LogP contribution < -0.4 is 0 Å². The average molecular weight is 298 g/mol. The van der Waals surface area contributed by atoms with Crippen molar-refractivity contribution in [2.75, 3.05) is 13.1 Å². The number of piperidine rings is 1. The van der Waals surface area contributed by atoms with Gasteiger partial charge in [-0.05, 0) is 43.0 Å². The van der Waals surface area contributed by atoms with Gasteiger partial charge in [-0.15, -0.1) is 0 Å². The molecular weight excluding hydrogens is 280 g/mol. The summed E-state index contributed by atoms with van der Waals surface area (Å²) in [6.07, 6.45) is 7.80. The van der Waals surface area contributed by atoms with Crippen molar-refractivity contribution in [2.24, 2.45) is 0 Å². The molecule has 5 nitrogen and oxygen atoms in total. The molecular formula is C17H18N2O3. The van der Waals surface area contributed by atoms with Crippen molar-refractivity contribution < 1.29 is 15.0 Å². The Hall–Kier alpha value is -2.74. The fraction of sp³-hybridized carbons (Fsp3) is 0.294. The number of carbonyl (C=O) groups is 1. The van der Waals surface area contributed by atoms with Gasteiger partial charge in [0.2, 0.25) is 0 Å². The van der Waals surface area contributed by atoms with Crippen LogP contribution in [0.3, 0.4) is 0 Å². The zero-order valence-corrected chi connectivity index (χ0v) is 12.2. The number of amides is 1. The van der Waals surface area contributed by atoms with E-state index in [0.717, 1.165) is 19.3 Å². The Morgan fingerprint density at radius 3 is 2.55 bits per heavy atom. The second kappa shape index (κ2) is 7.32. The van der Waals surface area contributed by atoms with Crippen LogP contribution in [-0.2, 0) is 4.79 Å². The van der Waals surface area contributed by atoms with E-state index in [2.05, 4.69) is 0 Å². The summed E-state index contributed by atoms with van der Waals surface area (Å²) in [5, 5.41) is 27.8. The summed E-state index contributed by atoms with van der Waals surface area (Å²) in [7, 11) is 0. The number of benzene rings is 1. The van der Waals surface area contributed by atoms with E-state index in [0.29, 0.717) is 18.7 Å². The molecule has 1 fully saturated rings. The van der Waals surface area contributed by atoms with E-state index in [4.69, 9.17) is 5.26 Å². The van der Waals surface area contributed by atoms with E-state index >= 15 is 0 Å². The fourth-order valence-electron chi connectivity index (χ4n) is 2.32. The number of likely N-dealkylation sites (tertiary alicyclic amines) is 1. The van der Waals surface area contributed by atoms with Gasteiger partial charge in [-0.3, -0.25) is 4.79 Å². The number of hydrogen-bond acceptors (Lipinski definition) is 4. The lowest BCUT2D eigenvalue weighted by Crippen LogP contribution is -2.36. The minimum Gasteiger partial charge on any atom is -0.504 e. The van der Waals surface area contributed by atoms with E-state index in [1.54, 1.807) is 23.1 Å². The SMILES string of the molecule is N#C/C(=C\C=C\c1ccc(O)c(O)c1)C(=O)N1CCCCC1. The molecule has 0 saturated carbocycles. The second-order valence-electron chi connectivity index (χ2n) is 5.15. The third-order valence-electron chi connectivity index (χ3n) is 3.55. The lowest BCUT2D eigenvalue weighted by atomic mass is 10.1. The number of allylic oxidation sites excluding steroid dienone is 2. The molecule has 1 heterocycles. The van der Waals surface area contributed by atoms with Crippen LogP contribution in [0.2, 0.25) is 0 Å². The average Bonchev–Trinajstić information content (AvgIpc) is 2.55. The first-order chi connectivity index (χ1) is 10.6. The Labute approximate surface area is 129 Å². The molecule has 1 aromatic rings. The Kier molecular flexibility index (Phi) is 5.21. The van der Waals surface area contributed by atoms with Crippen LogP contribution in [0.5, 0.6) is 11.5 Å². The summed E-state index contributed by atoms with van der Waals surface area (Å²) < 4.78 is 0. The van der Waals surface area contributed by atoms with E-state index in [-0.39, 0.29) is 23.0 Å². The highest BCUT2D eigenvalue weighted by Gasteiger charge is 2.19. The van der Waals surface area contributed by atoms with Gasteiger partial charge in [0.05, 0.1) is 0 Å². The minimum absolute atomic E-state index is 0.0983. The first-order valence-electron chi connectivity index (χ1n) is 7.21. The maximum absolute atomic E-state index is 12.2. The van der Waals surface area contributed by atoms with Gasteiger partial charge < -0.3 is 15.1 Å². The van der Waals surface area contributed by atoms with E-state index in [1.165, 1.54) is 18.2 Å². The molecule has 0 bridgehead atoms. The molecule has 2 rings (SSSR count). The molecule has 1 aliphatic rings. The monoisotopic (exact) mass is 298 g/mol. The Morgan fingerprint density at radius 2 is 1.91 bits per heavy atom.